The van der Waals surface area contributed by atoms with E-state index in [4.69, 9.17) is 0 Å². The number of amides is 1. The summed E-state index contributed by atoms with van der Waals surface area (Å²) in [5, 5.41) is 43.3. The molecule has 0 aliphatic carbocycles. The quantitative estimate of drug-likeness (QED) is 0.0377. The molecule has 5 N–H and O–H groups in total. The molecule has 4 unspecified atom stereocenters. The van der Waals surface area contributed by atoms with E-state index in [1.807, 2.05) is 0 Å². The fourth-order valence-corrected chi connectivity index (χ4v) is 5.68. The maximum Gasteiger partial charge on any atom is 0.249 e. The zero-order chi connectivity index (χ0) is 31.8. The van der Waals surface area contributed by atoms with Gasteiger partial charge in [0, 0.05) is 0 Å². The zero-order valence-corrected chi connectivity index (χ0v) is 28.5. The third kappa shape index (κ3) is 27.1. The van der Waals surface area contributed by atoms with Crippen LogP contribution in [0.15, 0.2) is 12.2 Å². The lowest BCUT2D eigenvalue weighted by molar-refractivity contribution is -0.132. The van der Waals surface area contributed by atoms with E-state index in [9.17, 15) is 25.2 Å². The predicted molar refractivity (Wildman–Crippen MR) is 182 cm³/mol. The molecule has 6 nitrogen and oxygen atoms in total. The average molecular weight is 612 g/mol. The van der Waals surface area contributed by atoms with Crippen molar-refractivity contribution >= 4 is 5.91 Å². The summed E-state index contributed by atoms with van der Waals surface area (Å²) < 4.78 is 0. The molecule has 6 heteroatoms. The standard InChI is InChI=1S/C37H73NO5/c1-3-5-7-9-11-13-14-15-16-17-18-19-20-21-23-24-26-28-30-34(40)36(42)33(32-39)38-37(43)35(41)31-29-27-25-22-12-10-8-6-4-2/h10,12,33-36,39-42H,3-9,11,13-32H2,1-2H3,(H,38,43)/b12-10-. The molecule has 0 aromatic carbocycles. The van der Waals surface area contributed by atoms with E-state index in [0.717, 1.165) is 51.4 Å². The fourth-order valence-electron chi connectivity index (χ4n) is 5.68. The highest BCUT2D eigenvalue weighted by Gasteiger charge is 2.28. The van der Waals surface area contributed by atoms with Gasteiger partial charge >= 0.3 is 0 Å². The van der Waals surface area contributed by atoms with Gasteiger partial charge in [-0.25, -0.2) is 0 Å². The van der Waals surface area contributed by atoms with Crippen LogP contribution in [0.25, 0.3) is 0 Å². The van der Waals surface area contributed by atoms with E-state index in [1.165, 1.54) is 109 Å². The Kier molecular flexibility index (Phi) is 31.7. The van der Waals surface area contributed by atoms with Crippen molar-refractivity contribution in [3.05, 3.63) is 12.2 Å². The van der Waals surface area contributed by atoms with Crippen LogP contribution in [0, 0.1) is 0 Å². The molecule has 0 fully saturated rings. The summed E-state index contributed by atoms with van der Waals surface area (Å²) in [5.74, 6) is -0.599. The number of aliphatic hydroxyl groups excluding tert-OH is 4. The molecule has 43 heavy (non-hydrogen) atoms. The van der Waals surface area contributed by atoms with Gasteiger partial charge in [0.15, 0.2) is 0 Å². The van der Waals surface area contributed by atoms with Crippen LogP contribution in [-0.4, -0.2) is 57.3 Å². The van der Waals surface area contributed by atoms with Gasteiger partial charge in [0.05, 0.1) is 18.8 Å². The highest BCUT2D eigenvalue weighted by atomic mass is 16.3. The van der Waals surface area contributed by atoms with E-state index < -0.39 is 36.9 Å². The number of nitrogens with one attached hydrogen (secondary N) is 1. The highest BCUT2D eigenvalue weighted by molar-refractivity contribution is 5.80. The van der Waals surface area contributed by atoms with E-state index >= 15 is 0 Å². The molecule has 0 aromatic heterocycles. The van der Waals surface area contributed by atoms with Crippen molar-refractivity contribution in [3.8, 4) is 0 Å². The lowest BCUT2D eigenvalue weighted by Gasteiger charge is -2.27. The monoisotopic (exact) mass is 612 g/mol. The lowest BCUT2D eigenvalue weighted by atomic mass is 9.99. The minimum Gasteiger partial charge on any atom is -0.394 e. The molecular weight excluding hydrogens is 538 g/mol. The number of aliphatic hydroxyl groups is 4. The molecule has 0 spiro atoms. The summed E-state index contributed by atoms with van der Waals surface area (Å²) >= 11 is 0. The van der Waals surface area contributed by atoms with Gasteiger partial charge in [0.2, 0.25) is 5.91 Å². The van der Waals surface area contributed by atoms with Crippen LogP contribution in [0.4, 0.5) is 0 Å². The summed E-state index contributed by atoms with van der Waals surface area (Å²) in [7, 11) is 0. The largest absolute Gasteiger partial charge is 0.394 e. The lowest BCUT2D eigenvalue weighted by Crippen LogP contribution is -2.53. The summed E-state index contributed by atoms with van der Waals surface area (Å²) in [5.41, 5.74) is 0. The Morgan fingerprint density at radius 2 is 0.953 bits per heavy atom. The molecule has 0 saturated heterocycles. The second-order valence-corrected chi connectivity index (χ2v) is 12.9. The number of hydrogen-bond donors (Lipinski definition) is 5. The van der Waals surface area contributed by atoms with Gasteiger partial charge in [-0.2, -0.15) is 0 Å². The molecule has 0 aromatic rings. The Hall–Kier alpha value is -0.950. The first-order valence-corrected chi connectivity index (χ1v) is 18.6. The fraction of sp³-hybridized carbons (Fsp3) is 0.919. The van der Waals surface area contributed by atoms with E-state index in [0.29, 0.717) is 12.8 Å². The first-order chi connectivity index (χ1) is 21.0. The Morgan fingerprint density at radius 1 is 0.558 bits per heavy atom. The molecule has 0 saturated carbocycles. The van der Waals surface area contributed by atoms with Gasteiger partial charge in [-0.15, -0.1) is 0 Å². The van der Waals surface area contributed by atoms with E-state index in [2.05, 4.69) is 31.3 Å². The highest BCUT2D eigenvalue weighted by Crippen LogP contribution is 2.16. The van der Waals surface area contributed by atoms with Crippen molar-refractivity contribution in [1.82, 2.24) is 5.32 Å². The van der Waals surface area contributed by atoms with Crippen LogP contribution in [0.2, 0.25) is 0 Å². The summed E-state index contributed by atoms with van der Waals surface area (Å²) in [4.78, 5) is 12.4. The maximum atomic E-state index is 12.4. The molecule has 0 aliphatic rings. The molecule has 0 heterocycles. The van der Waals surface area contributed by atoms with Crippen LogP contribution in [0.1, 0.15) is 187 Å². The number of allylic oxidation sites excluding steroid dienone is 2. The van der Waals surface area contributed by atoms with Crippen molar-refractivity contribution in [1.29, 1.82) is 0 Å². The second kappa shape index (κ2) is 32.4. The van der Waals surface area contributed by atoms with Gasteiger partial charge in [-0.1, -0.05) is 167 Å². The van der Waals surface area contributed by atoms with Crippen LogP contribution in [0.3, 0.4) is 0 Å². The van der Waals surface area contributed by atoms with Crippen molar-refractivity contribution in [2.45, 2.75) is 212 Å². The minimum absolute atomic E-state index is 0.349. The van der Waals surface area contributed by atoms with Gasteiger partial charge in [-0.3, -0.25) is 4.79 Å². The maximum absolute atomic E-state index is 12.4. The smallest absolute Gasteiger partial charge is 0.249 e. The van der Waals surface area contributed by atoms with Crippen LogP contribution < -0.4 is 5.32 Å². The van der Waals surface area contributed by atoms with Crippen LogP contribution in [-0.2, 0) is 4.79 Å². The molecule has 0 aliphatic heterocycles. The minimum atomic E-state index is -1.26. The normalized spacial score (nSPS) is 14.7. The number of carbonyl (C=O) groups excluding carboxylic acids is 1. The van der Waals surface area contributed by atoms with Gasteiger partial charge < -0.3 is 25.7 Å². The number of carbonyl (C=O) groups is 1. The van der Waals surface area contributed by atoms with E-state index in [1.54, 1.807) is 0 Å². The van der Waals surface area contributed by atoms with E-state index in [-0.39, 0.29) is 0 Å². The van der Waals surface area contributed by atoms with Gasteiger partial charge in [0.1, 0.15) is 12.2 Å². The Balaban J connectivity index is 3.76. The van der Waals surface area contributed by atoms with Crippen LogP contribution in [0.5, 0.6) is 0 Å². The SMILES string of the molecule is CCCC/C=C\CCCCCC(O)C(=O)NC(CO)C(O)C(O)CCCCCCCCCCCCCCCCCCCC. The molecule has 0 rings (SSSR count). The first-order valence-electron chi connectivity index (χ1n) is 18.6. The Labute approximate surface area is 266 Å². The topological polar surface area (TPSA) is 110 Å². The molecule has 4 atom stereocenters. The first kappa shape index (κ1) is 42.0. The Morgan fingerprint density at radius 3 is 1.42 bits per heavy atom. The van der Waals surface area contributed by atoms with Crippen molar-refractivity contribution in [2.24, 2.45) is 0 Å². The molecule has 1 amide bonds. The number of hydrogen-bond acceptors (Lipinski definition) is 5. The average Bonchev–Trinajstić information content (AvgIpc) is 3.01. The summed E-state index contributed by atoms with van der Waals surface area (Å²) in [6, 6.07) is -0.985. The number of unbranched alkanes of at least 4 members (excludes halogenated alkanes) is 22. The molecular formula is C37H73NO5. The zero-order valence-electron chi connectivity index (χ0n) is 28.5. The number of rotatable bonds is 33. The third-order valence-electron chi connectivity index (χ3n) is 8.73. The van der Waals surface area contributed by atoms with Crippen LogP contribution >= 0.6 is 0 Å². The second-order valence-electron chi connectivity index (χ2n) is 12.9. The molecule has 256 valence electrons. The summed E-state index contributed by atoms with van der Waals surface area (Å²) in [6.07, 6.45) is 32.4. The molecule has 0 bridgehead atoms. The van der Waals surface area contributed by atoms with Crippen molar-refractivity contribution in [2.75, 3.05) is 6.61 Å². The third-order valence-corrected chi connectivity index (χ3v) is 8.73. The van der Waals surface area contributed by atoms with Gasteiger partial charge in [0.25, 0.3) is 0 Å². The summed E-state index contributed by atoms with van der Waals surface area (Å²) in [6.45, 7) is 3.97. The molecule has 0 radical (unpaired) electrons. The van der Waals surface area contributed by atoms with Crippen molar-refractivity contribution in [3.63, 3.8) is 0 Å². The van der Waals surface area contributed by atoms with Crippen molar-refractivity contribution < 1.29 is 25.2 Å². The Bertz CT molecular complexity index is 614. The van der Waals surface area contributed by atoms with Gasteiger partial charge in [-0.05, 0) is 32.1 Å². The predicted octanol–water partition coefficient (Wildman–Crippen LogP) is 8.67.